The largest absolute Gasteiger partial charge is 0.416 e. The SMILES string of the molecule is O=C1NN(c2cccc(C(F)(F)F)c2)C(=O)C1=Cc1ccc(Br)cc1. The molecule has 0 atom stereocenters. The van der Waals surface area contributed by atoms with Crippen LogP contribution in [0.2, 0.25) is 0 Å². The summed E-state index contributed by atoms with van der Waals surface area (Å²) in [5, 5.41) is 0.808. The lowest BCUT2D eigenvalue weighted by atomic mass is 10.1. The Bertz CT molecular complexity index is 876. The summed E-state index contributed by atoms with van der Waals surface area (Å²) >= 11 is 3.28. The minimum absolute atomic E-state index is 0.0626. The van der Waals surface area contributed by atoms with Crippen molar-refractivity contribution >= 4 is 39.5 Å². The first kappa shape index (κ1) is 17.2. The molecule has 0 aromatic heterocycles. The van der Waals surface area contributed by atoms with Crippen LogP contribution in [0, 0.1) is 0 Å². The van der Waals surface area contributed by atoms with Crippen molar-refractivity contribution in [1.82, 2.24) is 5.43 Å². The van der Waals surface area contributed by atoms with Crippen LogP contribution >= 0.6 is 15.9 Å². The maximum Gasteiger partial charge on any atom is 0.416 e. The minimum Gasteiger partial charge on any atom is -0.267 e. The lowest BCUT2D eigenvalue weighted by molar-refractivity contribution is -0.137. The number of amides is 2. The second kappa shape index (κ2) is 6.36. The number of benzene rings is 2. The van der Waals surface area contributed by atoms with Crippen LogP contribution in [0.1, 0.15) is 11.1 Å². The van der Waals surface area contributed by atoms with E-state index in [0.29, 0.717) is 5.56 Å². The molecule has 4 nitrogen and oxygen atoms in total. The van der Waals surface area contributed by atoms with Gasteiger partial charge >= 0.3 is 6.18 Å². The highest BCUT2D eigenvalue weighted by Crippen LogP contribution is 2.32. The monoisotopic (exact) mass is 410 g/mol. The number of anilines is 1. The molecule has 1 heterocycles. The normalized spacial score (nSPS) is 16.5. The van der Waals surface area contributed by atoms with Gasteiger partial charge in [0.15, 0.2) is 0 Å². The van der Waals surface area contributed by atoms with Crippen LogP contribution in [0.15, 0.2) is 58.6 Å². The zero-order valence-corrected chi connectivity index (χ0v) is 14.1. The number of hydrogen-bond acceptors (Lipinski definition) is 2. The van der Waals surface area contributed by atoms with Crippen LogP contribution in [0.3, 0.4) is 0 Å². The Morgan fingerprint density at radius 1 is 1.04 bits per heavy atom. The van der Waals surface area contributed by atoms with Gasteiger partial charge in [0, 0.05) is 4.47 Å². The van der Waals surface area contributed by atoms with Gasteiger partial charge in [-0.1, -0.05) is 34.1 Å². The van der Waals surface area contributed by atoms with Crippen molar-refractivity contribution in [3.05, 3.63) is 69.7 Å². The zero-order chi connectivity index (χ0) is 18.2. The molecule has 1 aliphatic heterocycles. The van der Waals surface area contributed by atoms with E-state index in [9.17, 15) is 22.8 Å². The molecule has 0 aliphatic carbocycles. The van der Waals surface area contributed by atoms with Gasteiger partial charge in [0.1, 0.15) is 5.57 Å². The van der Waals surface area contributed by atoms with Crippen LogP contribution < -0.4 is 10.4 Å². The van der Waals surface area contributed by atoms with Crippen LogP contribution in [-0.4, -0.2) is 11.8 Å². The molecule has 0 bridgehead atoms. The summed E-state index contributed by atoms with van der Waals surface area (Å²) < 4.78 is 39.3. The summed E-state index contributed by atoms with van der Waals surface area (Å²) in [6.45, 7) is 0. The summed E-state index contributed by atoms with van der Waals surface area (Å²) in [6.07, 6.45) is -3.16. The molecule has 1 N–H and O–H groups in total. The number of alkyl halides is 3. The molecule has 8 heteroatoms. The molecular weight excluding hydrogens is 401 g/mol. The van der Waals surface area contributed by atoms with Gasteiger partial charge < -0.3 is 0 Å². The molecule has 1 fully saturated rings. The number of carbonyl (C=O) groups is 2. The Balaban J connectivity index is 1.93. The predicted octanol–water partition coefficient (Wildman–Crippen LogP) is 3.93. The number of nitrogens with zero attached hydrogens (tertiary/aromatic N) is 1. The number of nitrogens with one attached hydrogen (secondary N) is 1. The van der Waals surface area contributed by atoms with E-state index in [2.05, 4.69) is 21.4 Å². The van der Waals surface area contributed by atoms with E-state index in [4.69, 9.17) is 0 Å². The summed E-state index contributed by atoms with van der Waals surface area (Å²) in [4.78, 5) is 24.5. The first-order valence-electron chi connectivity index (χ1n) is 7.06. The van der Waals surface area contributed by atoms with Crippen molar-refractivity contribution in [1.29, 1.82) is 0 Å². The Morgan fingerprint density at radius 3 is 2.36 bits per heavy atom. The van der Waals surface area contributed by atoms with E-state index in [1.54, 1.807) is 24.3 Å². The molecule has 2 amide bonds. The van der Waals surface area contributed by atoms with Crippen molar-refractivity contribution in [3.63, 3.8) is 0 Å². The van der Waals surface area contributed by atoms with Crippen LogP contribution in [-0.2, 0) is 15.8 Å². The van der Waals surface area contributed by atoms with Crippen molar-refractivity contribution in [2.75, 3.05) is 5.01 Å². The number of hydrazine groups is 1. The maximum absolute atomic E-state index is 12.8. The average Bonchev–Trinajstić information content (AvgIpc) is 2.84. The van der Waals surface area contributed by atoms with Crippen molar-refractivity contribution in [2.24, 2.45) is 0 Å². The third-order valence-electron chi connectivity index (χ3n) is 3.50. The quantitative estimate of drug-likeness (QED) is 0.602. The van der Waals surface area contributed by atoms with Gasteiger partial charge in [0.2, 0.25) is 0 Å². The lowest BCUT2D eigenvalue weighted by Crippen LogP contribution is -2.35. The fraction of sp³-hybridized carbons (Fsp3) is 0.0588. The number of hydrogen-bond donors (Lipinski definition) is 1. The van der Waals surface area contributed by atoms with E-state index < -0.39 is 23.6 Å². The maximum atomic E-state index is 12.8. The van der Waals surface area contributed by atoms with E-state index >= 15 is 0 Å². The van der Waals surface area contributed by atoms with Gasteiger partial charge in [-0.15, -0.1) is 0 Å². The fourth-order valence-corrected chi connectivity index (χ4v) is 2.55. The molecule has 0 spiro atoms. The summed E-state index contributed by atoms with van der Waals surface area (Å²) in [5.41, 5.74) is 1.78. The topological polar surface area (TPSA) is 49.4 Å². The van der Waals surface area contributed by atoms with Gasteiger partial charge in [-0.2, -0.15) is 13.2 Å². The predicted molar refractivity (Wildman–Crippen MR) is 89.2 cm³/mol. The number of carbonyl (C=O) groups excluding carboxylic acids is 2. The highest BCUT2D eigenvalue weighted by molar-refractivity contribution is 9.10. The number of rotatable bonds is 2. The zero-order valence-electron chi connectivity index (χ0n) is 12.5. The van der Waals surface area contributed by atoms with Crippen molar-refractivity contribution in [2.45, 2.75) is 6.18 Å². The molecule has 2 aromatic carbocycles. The molecule has 1 saturated heterocycles. The van der Waals surface area contributed by atoms with Gasteiger partial charge in [0.25, 0.3) is 11.8 Å². The highest BCUT2D eigenvalue weighted by Gasteiger charge is 2.36. The van der Waals surface area contributed by atoms with E-state index in [-0.39, 0.29) is 11.3 Å². The summed E-state index contributed by atoms with van der Waals surface area (Å²) in [5.74, 6) is -1.39. The average molecular weight is 411 g/mol. The van der Waals surface area contributed by atoms with E-state index in [1.807, 2.05) is 0 Å². The molecule has 25 heavy (non-hydrogen) atoms. The third-order valence-corrected chi connectivity index (χ3v) is 4.03. The van der Waals surface area contributed by atoms with Gasteiger partial charge in [-0.3, -0.25) is 15.0 Å². The molecule has 128 valence electrons. The smallest absolute Gasteiger partial charge is 0.267 e. The molecule has 0 saturated carbocycles. The third kappa shape index (κ3) is 3.58. The summed E-state index contributed by atoms with van der Waals surface area (Å²) in [6, 6.07) is 11.1. The Labute approximate surface area is 149 Å². The van der Waals surface area contributed by atoms with Gasteiger partial charge in [-0.05, 0) is 42.0 Å². The van der Waals surface area contributed by atoms with Crippen LogP contribution in [0.25, 0.3) is 6.08 Å². The molecule has 1 aliphatic rings. The van der Waals surface area contributed by atoms with Crippen LogP contribution in [0.4, 0.5) is 18.9 Å². The van der Waals surface area contributed by atoms with E-state index in [0.717, 1.165) is 21.6 Å². The molecular formula is C17H10BrF3N2O2. The Morgan fingerprint density at radius 2 is 1.72 bits per heavy atom. The first-order valence-corrected chi connectivity index (χ1v) is 7.85. The van der Waals surface area contributed by atoms with Gasteiger partial charge in [0.05, 0.1) is 11.3 Å². The lowest BCUT2D eigenvalue weighted by Gasteiger charge is -2.16. The van der Waals surface area contributed by atoms with Crippen molar-refractivity contribution < 1.29 is 22.8 Å². The first-order chi connectivity index (χ1) is 11.8. The molecule has 2 aromatic rings. The minimum atomic E-state index is -4.54. The highest BCUT2D eigenvalue weighted by atomic mass is 79.9. The van der Waals surface area contributed by atoms with Crippen LogP contribution in [0.5, 0.6) is 0 Å². The second-order valence-corrected chi connectivity index (χ2v) is 6.15. The molecule has 0 radical (unpaired) electrons. The fourth-order valence-electron chi connectivity index (χ4n) is 2.29. The summed E-state index contributed by atoms with van der Waals surface area (Å²) in [7, 11) is 0. The number of halogens is 4. The van der Waals surface area contributed by atoms with Gasteiger partial charge in [-0.25, -0.2) is 5.01 Å². The molecule has 3 rings (SSSR count). The molecule has 0 unspecified atom stereocenters. The standard InChI is InChI=1S/C17H10BrF3N2O2/c18-12-6-4-10(5-7-12)8-14-15(24)22-23(16(14)25)13-3-1-2-11(9-13)17(19,20)21/h1-9H,(H,22,24). The Kier molecular flexibility index (Phi) is 4.38. The Hall–Kier alpha value is -2.61. The van der Waals surface area contributed by atoms with E-state index in [1.165, 1.54) is 18.2 Å². The second-order valence-electron chi connectivity index (χ2n) is 5.24. The van der Waals surface area contributed by atoms with Crippen molar-refractivity contribution in [3.8, 4) is 0 Å².